The van der Waals surface area contributed by atoms with Gasteiger partial charge < -0.3 is 112 Å². The van der Waals surface area contributed by atoms with Crippen LogP contribution in [-0.4, -0.2) is 282 Å². The predicted octanol–water partition coefficient (Wildman–Crippen LogP) is -5.13. The SMILES string of the molecule is Nc1ncnc2c1ncn2C1OC(COP(=O)(O)OC2C(O)C(COP(=O)(O)OC3C(O)C(COP(=O)(O)OC4C(O)C(COP(=O)(O)OC5C(O)C(COP(=O)(O)O)OC5n5cnc6c(N)ncnc65)OC4n4cnc5c(N)ncnc54)OC3n3cnc4c(N)ncnc43)OC2n2cnc3c(N)ncnc32)C(O)C1O. The number of phosphoric ester groups is 5. The number of nitrogen functional groups attached to an aromatic ring is 5. The fourth-order valence-electron chi connectivity index (χ4n) is 12.7. The van der Waals surface area contributed by atoms with Crippen molar-refractivity contribution < 1.29 is 147 Å². The molecule has 0 spiro atoms. The fourth-order valence-corrected chi connectivity index (χ4v) is 16.8. The maximum atomic E-state index is 14.3. The summed E-state index contributed by atoms with van der Waals surface area (Å²) in [5, 5.41) is 69.3. The van der Waals surface area contributed by atoms with Gasteiger partial charge in [-0.05, 0) is 0 Å². The third-order valence-electron chi connectivity index (χ3n) is 17.9. The van der Waals surface area contributed by atoms with Crippen LogP contribution < -0.4 is 28.7 Å². The number of hydrogen-bond acceptors (Lipinski definition) is 45. The van der Waals surface area contributed by atoms with Gasteiger partial charge in [0.05, 0.1) is 64.7 Å². The number of ether oxygens (including phenoxy) is 5. The van der Waals surface area contributed by atoms with E-state index in [1.165, 1.54) is 10.9 Å². The molecule has 0 amide bonds. The van der Waals surface area contributed by atoms with Crippen LogP contribution in [0.4, 0.5) is 29.1 Å². The molecule has 24 atom stereocenters. The molecule has 0 bridgehead atoms. The van der Waals surface area contributed by atoms with Crippen LogP contribution in [0.15, 0.2) is 63.3 Å². The molecule has 5 saturated heterocycles. The van der Waals surface area contributed by atoms with Crippen molar-refractivity contribution in [1.82, 2.24) is 97.6 Å². The van der Waals surface area contributed by atoms with Crippen molar-refractivity contribution in [2.45, 2.75) is 123 Å². The number of aliphatic hydroxyl groups is 6. The van der Waals surface area contributed by atoms with Crippen LogP contribution in [-0.2, 0) is 87.2 Å². The lowest BCUT2D eigenvalue weighted by Gasteiger charge is -2.25. The Bertz CT molecular complexity index is 5400. The smallest absolute Gasteiger partial charge is 0.387 e. The average molecular weight is 1660 g/mol. The van der Waals surface area contributed by atoms with E-state index >= 15 is 0 Å². The van der Waals surface area contributed by atoms with Crippen molar-refractivity contribution >= 4 is 124 Å². The van der Waals surface area contributed by atoms with E-state index in [4.69, 9.17) is 88.5 Å². The number of hydrogen-bond donors (Lipinski definition) is 17. The summed E-state index contributed by atoms with van der Waals surface area (Å²) in [7, 11) is -27.8. The van der Waals surface area contributed by atoms with Crippen molar-refractivity contribution in [3.8, 4) is 0 Å². The highest BCUT2D eigenvalue weighted by Crippen LogP contribution is 2.56. The van der Waals surface area contributed by atoms with Gasteiger partial charge in [0.15, 0.2) is 88.5 Å². The van der Waals surface area contributed by atoms with Crippen LogP contribution >= 0.6 is 39.1 Å². The Morgan fingerprint density at radius 3 is 0.739 bits per heavy atom. The maximum Gasteiger partial charge on any atom is 0.472 e. The van der Waals surface area contributed by atoms with Gasteiger partial charge in [0.2, 0.25) is 0 Å². The van der Waals surface area contributed by atoms with E-state index in [0.717, 1.165) is 75.2 Å². The number of nitrogens with two attached hydrogens (primary N) is 5. The van der Waals surface area contributed by atoms with Crippen molar-refractivity contribution in [3.63, 3.8) is 0 Å². The van der Waals surface area contributed by atoms with Gasteiger partial charge in [-0.1, -0.05) is 0 Å². The Morgan fingerprint density at radius 2 is 0.505 bits per heavy atom. The first-order chi connectivity index (χ1) is 52.6. The van der Waals surface area contributed by atoms with Gasteiger partial charge in [-0.15, -0.1) is 0 Å². The second-order valence-corrected chi connectivity index (χ2v) is 31.7. The second-order valence-electron chi connectivity index (χ2n) is 24.8. The van der Waals surface area contributed by atoms with Crippen molar-refractivity contribution in [2.75, 3.05) is 61.7 Å². The number of aliphatic hydroxyl groups excluding tert-OH is 6. The van der Waals surface area contributed by atoms with Gasteiger partial charge in [-0.2, -0.15) is 0 Å². The molecule has 5 aliphatic heterocycles. The van der Waals surface area contributed by atoms with E-state index < -0.39 is 195 Å². The van der Waals surface area contributed by atoms with E-state index in [0.29, 0.717) is 0 Å². The molecule has 15 rings (SSSR count). The lowest BCUT2D eigenvalue weighted by Crippen LogP contribution is -2.37. The van der Waals surface area contributed by atoms with E-state index in [1.807, 2.05) is 0 Å². The molecule has 0 radical (unpaired) electrons. The number of aromatic nitrogens is 20. The molecule has 0 saturated carbocycles. The molecular weight excluding hydrogens is 1600 g/mol. The Labute approximate surface area is 614 Å². The normalized spacial score (nSPS) is 31.5. The summed E-state index contributed by atoms with van der Waals surface area (Å²) >= 11 is 0. The largest absolute Gasteiger partial charge is 0.472 e. The maximum absolute atomic E-state index is 14.3. The minimum Gasteiger partial charge on any atom is -0.387 e. The predicted molar refractivity (Wildman–Crippen MR) is 355 cm³/mol. The van der Waals surface area contributed by atoms with Gasteiger partial charge in [0.25, 0.3) is 0 Å². The monoisotopic (exact) mass is 1660 g/mol. The van der Waals surface area contributed by atoms with Crippen LogP contribution in [0.25, 0.3) is 55.8 Å². The van der Waals surface area contributed by atoms with Gasteiger partial charge in [-0.25, -0.2) is 97.6 Å². The van der Waals surface area contributed by atoms with Crippen LogP contribution in [0.1, 0.15) is 31.1 Å². The minimum absolute atomic E-state index is 0.0106. The molecule has 5 fully saturated rings. The summed E-state index contributed by atoms with van der Waals surface area (Å²) in [6, 6.07) is 0. The summed E-state index contributed by atoms with van der Waals surface area (Å²) in [5.74, 6) is -0.669. The van der Waals surface area contributed by atoms with Gasteiger partial charge in [-0.3, -0.25) is 63.5 Å². The second kappa shape index (κ2) is 30.0. The van der Waals surface area contributed by atoms with Crippen LogP contribution in [0.5, 0.6) is 0 Å². The van der Waals surface area contributed by atoms with E-state index in [1.54, 1.807) is 0 Å². The molecular formula is C50H62N25O31P5. The molecule has 0 aliphatic carbocycles. The number of imidazole rings is 5. The number of phosphoric acid groups is 5. The fraction of sp³-hybridized carbons (Fsp3) is 0.500. The number of anilines is 5. The average Bonchev–Trinajstić information content (AvgIpc) is 1.63. The van der Waals surface area contributed by atoms with Gasteiger partial charge in [0.1, 0.15) is 151 Å². The summed E-state index contributed by atoms with van der Waals surface area (Å²) < 4.78 is 151. The molecule has 15 heterocycles. The zero-order chi connectivity index (χ0) is 78.7. The van der Waals surface area contributed by atoms with Gasteiger partial charge in [0, 0.05) is 0 Å². The standard InChI is InChI=1S/C50H62N25O31P5/c51-36-21-41(61-6-56-36)71(11-66-21)46-31(81)26(76)16(98-46)2-94-108(85,86)104-33-28(78)18(100-48(33)73-13-68-23-38(53)58-8-63-43(23)73)4-96-110(89,90)106-35-30(80)20(102-50(35)75-15-70-25-40(55)60-10-65-45(25)75)5-97-111(91,92)105-34-29(79)19(101-49(34)74-14-69-24-39(54)59-9-64-44(24)74)3-95-109(87,88)103-32-27(77)17(1-93-107(82,83)84)99-47(32)72-12-67-22-37(52)57-7-62-42(22)72/h6-20,26-35,46-50,76-81H,1-5H2,(H,85,86)(H,87,88)(H,89,90)(H,91,92)(H2,51,56,61)(H2,52,57,62)(H2,53,58,63)(H2,54,59,64)(H2,55,60,65)(H2,82,83,84). The molecule has 22 N–H and O–H groups in total. The van der Waals surface area contributed by atoms with E-state index in [2.05, 4.69) is 79.3 Å². The Kier molecular flexibility index (Phi) is 21.1. The molecule has 5 aliphatic rings. The molecule has 10 aromatic heterocycles. The number of nitrogens with zero attached hydrogens (tertiary/aromatic N) is 20. The topological polar surface area (TPSA) is 805 Å². The van der Waals surface area contributed by atoms with Crippen LogP contribution in [0.2, 0.25) is 0 Å². The lowest BCUT2D eigenvalue weighted by atomic mass is 10.1. The third kappa shape index (κ3) is 15.4. The van der Waals surface area contributed by atoms with Crippen molar-refractivity contribution in [1.29, 1.82) is 0 Å². The molecule has 61 heteroatoms. The van der Waals surface area contributed by atoms with E-state index in [9.17, 15) is 82.8 Å². The van der Waals surface area contributed by atoms with Gasteiger partial charge >= 0.3 is 39.1 Å². The number of fused-ring (bicyclic) bond motifs is 5. The summed E-state index contributed by atoms with van der Waals surface area (Å²) in [6.45, 7) is -5.53. The molecule has 24 unspecified atom stereocenters. The first kappa shape index (κ1) is 78.1. The van der Waals surface area contributed by atoms with Crippen LogP contribution in [0.3, 0.4) is 0 Å². The first-order valence-corrected chi connectivity index (χ1v) is 39.5. The molecule has 0 aromatic carbocycles. The van der Waals surface area contributed by atoms with Crippen molar-refractivity contribution in [2.24, 2.45) is 0 Å². The molecule has 598 valence electrons. The lowest BCUT2D eigenvalue weighted by molar-refractivity contribution is -0.0662. The summed E-state index contributed by atoms with van der Waals surface area (Å²) in [5.41, 5.74) is 29.6. The highest BCUT2D eigenvalue weighted by molar-refractivity contribution is 7.48. The summed E-state index contributed by atoms with van der Waals surface area (Å²) in [4.78, 5) is 125. The minimum atomic E-state index is -5.74. The quantitative estimate of drug-likeness (QED) is 0.0204. The molecule has 111 heavy (non-hydrogen) atoms. The van der Waals surface area contributed by atoms with E-state index in [-0.39, 0.29) is 84.9 Å². The molecule has 10 aromatic rings. The third-order valence-corrected chi connectivity index (χ3v) is 22.4. The molecule has 56 nitrogen and oxygen atoms in total. The van der Waals surface area contributed by atoms with Crippen LogP contribution in [0, 0.1) is 0 Å². The summed E-state index contributed by atoms with van der Waals surface area (Å²) in [6.07, 6.45) is -27.3. The highest BCUT2D eigenvalue weighted by Gasteiger charge is 2.57. The zero-order valence-corrected chi connectivity index (χ0v) is 60.0. The Balaban J connectivity index is 0.636. The highest BCUT2D eigenvalue weighted by atomic mass is 31.2. The Morgan fingerprint density at radius 1 is 0.297 bits per heavy atom. The first-order valence-electron chi connectivity index (χ1n) is 32.0. The Hall–Kier alpha value is -8.14. The zero-order valence-electron chi connectivity index (χ0n) is 55.5. The van der Waals surface area contributed by atoms with Crippen molar-refractivity contribution in [3.05, 3.63) is 63.3 Å². The number of rotatable bonds is 28.